The molecule has 0 aromatic heterocycles. The van der Waals surface area contributed by atoms with Gasteiger partial charge in [-0.3, -0.25) is 9.59 Å². The van der Waals surface area contributed by atoms with Crippen LogP contribution in [0.3, 0.4) is 0 Å². The van der Waals surface area contributed by atoms with Crippen LogP contribution in [0.2, 0.25) is 0 Å². The summed E-state index contributed by atoms with van der Waals surface area (Å²) in [5.74, 6) is -0.548. The first-order valence-corrected chi connectivity index (χ1v) is 7.85. The third kappa shape index (κ3) is 5.34. The molecule has 1 amide bonds. The van der Waals surface area contributed by atoms with Gasteiger partial charge in [0.15, 0.2) is 24.2 Å². The Hall–Kier alpha value is -3.35. The molecule has 0 heterocycles. The molecular formula is C19H19NO6. The van der Waals surface area contributed by atoms with Gasteiger partial charge in [-0.1, -0.05) is 18.2 Å². The van der Waals surface area contributed by atoms with Crippen LogP contribution in [0.15, 0.2) is 48.5 Å². The second-order valence-corrected chi connectivity index (χ2v) is 5.30. The molecule has 0 aliphatic heterocycles. The molecule has 0 fully saturated rings. The van der Waals surface area contributed by atoms with Crippen LogP contribution in [-0.2, 0) is 14.3 Å². The van der Waals surface area contributed by atoms with Crippen LogP contribution >= 0.6 is 0 Å². The standard InChI is InChI=1S/C19H19NO6/c1-13(19(23)20-15-6-4-3-5-7-15)26-18(22)12-25-16-9-8-14(11-21)10-17(16)24-2/h3-11,13H,12H2,1-2H3,(H,20,23)/t13-/m1/s1. The van der Waals surface area contributed by atoms with Crippen LogP contribution in [0.25, 0.3) is 0 Å². The molecule has 0 radical (unpaired) electrons. The Morgan fingerprint density at radius 3 is 2.50 bits per heavy atom. The Kier molecular flexibility index (Phi) is 6.73. The Morgan fingerprint density at radius 1 is 1.12 bits per heavy atom. The van der Waals surface area contributed by atoms with E-state index in [-0.39, 0.29) is 5.75 Å². The number of aldehydes is 1. The van der Waals surface area contributed by atoms with Crippen LogP contribution < -0.4 is 14.8 Å². The Morgan fingerprint density at radius 2 is 1.85 bits per heavy atom. The lowest BCUT2D eigenvalue weighted by Gasteiger charge is -2.14. The maximum Gasteiger partial charge on any atom is 0.344 e. The maximum atomic E-state index is 12.0. The molecule has 7 heteroatoms. The number of nitrogens with one attached hydrogen (secondary N) is 1. The first-order valence-electron chi connectivity index (χ1n) is 7.85. The summed E-state index contributed by atoms with van der Waals surface area (Å²) in [5, 5.41) is 2.64. The first kappa shape index (κ1) is 19.0. The number of rotatable bonds is 8. The van der Waals surface area contributed by atoms with Crippen molar-refractivity contribution in [3.63, 3.8) is 0 Å². The average molecular weight is 357 g/mol. The highest BCUT2D eigenvalue weighted by Gasteiger charge is 2.18. The minimum Gasteiger partial charge on any atom is -0.493 e. The van der Waals surface area contributed by atoms with Gasteiger partial charge in [0.1, 0.15) is 6.29 Å². The fourth-order valence-electron chi connectivity index (χ4n) is 2.06. The maximum absolute atomic E-state index is 12.0. The lowest BCUT2D eigenvalue weighted by atomic mass is 10.2. The number of para-hydroxylation sites is 1. The van der Waals surface area contributed by atoms with Crippen LogP contribution in [0.4, 0.5) is 5.69 Å². The fraction of sp³-hybridized carbons (Fsp3) is 0.211. The Bertz CT molecular complexity index is 775. The molecule has 0 saturated heterocycles. The zero-order valence-electron chi connectivity index (χ0n) is 14.4. The minimum absolute atomic E-state index is 0.288. The van der Waals surface area contributed by atoms with Crippen molar-refractivity contribution in [1.29, 1.82) is 0 Å². The largest absolute Gasteiger partial charge is 0.493 e. The van der Waals surface area contributed by atoms with Gasteiger partial charge in [-0.15, -0.1) is 0 Å². The van der Waals surface area contributed by atoms with E-state index in [1.807, 2.05) is 6.07 Å². The van der Waals surface area contributed by atoms with Crippen molar-refractivity contribution in [1.82, 2.24) is 0 Å². The molecule has 2 aromatic rings. The normalized spacial score (nSPS) is 11.2. The molecule has 0 saturated carbocycles. The second kappa shape index (κ2) is 9.22. The van der Waals surface area contributed by atoms with Gasteiger partial charge in [-0.05, 0) is 37.3 Å². The quantitative estimate of drug-likeness (QED) is 0.576. The van der Waals surface area contributed by atoms with E-state index in [0.29, 0.717) is 23.3 Å². The van der Waals surface area contributed by atoms with Gasteiger partial charge < -0.3 is 19.5 Å². The smallest absolute Gasteiger partial charge is 0.344 e. The van der Waals surface area contributed by atoms with E-state index in [2.05, 4.69) is 5.32 Å². The van der Waals surface area contributed by atoms with Crippen molar-refractivity contribution < 1.29 is 28.6 Å². The molecule has 0 aliphatic carbocycles. The number of anilines is 1. The molecule has 2 aromatic carbocycles. The highest BCUT2D eigenvalue weighted by Crippen LogP contribution is 2.27. The van der Waals surface area contributed by atoms with Crippen molar-refractivity contribution in [2.75, 3.05) is 19.0 Å². The summed E-state index contributed by atoms with van der Waals surface area (Å²) in [4.78, 5) is 34.7. The lowest BCUT2D eigenvalue weighted by Crippen LogP contribution is -2.31. The van der Waals surface area contributed by atoms with Crippen molar-refractivity contribution in [2.24, 2.45) is 0 Å². The summed E-state index contributed by atoms with van der Waals surface area (Å²) in [7, 11) is 1.42. The highest BCUT2D eigenvalue weighted by molar-refractivity contribution is 5.95. The number of carbonyl (C=O) groups excluding carboxylic acids is 3. The number of carbonyl (C=O) groups is 3. The molecule has 0 bridgehead atoms. The number of esters is 1. The zero-order chi connectivity index (χ0) is 18.9. The summed E-state index contributed by atoms with van der Waals surface area (Å²) in [6, 6.07) is 13.4. The molecule has 136 valence electrons. The molecule has 2 rings (SSSR count). The molecule has 0 aliphatic rings. The average Bonchev–Trinajstić information content (AvgIpc) is 2.66. The number of amides is 1. The molecule has 7 nitrogen and oxygen atoms in total. The molecule has 0 unspecified atom stereocenters. The van der Waals surface area contributed by atoms with E-state index >= 15 is 0 Å². The molecule has 1 atom stereocenters. The zero-order valence-corrected chi connectivity index (χ0v) is 14.4. The van der Waals surface area contributed by atoms with E-state index < -0.39 is 24.6 Å². The fourth-order valence-corrected chi connectivity index (χ4v) is 2.06. The van der Waals surface area contributed by atoms with Gasteiger partial charge in [0.2, 0.25) is 0 Å². The molecular weight excluding hydrogens is 338 g/mol. The van der Waals surface area contributed by atoms with E-state index in [4.69, 9.17) is 14.2 Å². The number of hydrogen-bond acceptors (Lipinski definition) is 6. The monoisotopic (exact) mass is 357 g/mol. The molecule has 1 N–H and O–H groups in total. The van der Waals surface area contributed by atoms with Crippen LogP contribution in [-0.4, -0.2) is 38.0 Å². The number of benzene rings is 2. The van der Waals surface area contributed by atoms with E-state index in [9.17, 15) is 14.4 Å². The summed E-state index contributed by atoms with van der Waals surface area (Å²) in [5.41, 5.74) is 1.03. The van der Waals surface area contributed by atoms with Crippen molar-refractivity contribution in [3.05, 3.63) is 54.1 Å². The lowest BCUT2D eigenvalue weighted by molar-refractivity contribution is -0.155. The minimum atomic E-state index is -0.981. The number of ether oxygens (including phenoxy) is 3. The van der Waals surface area contributed by atoms with Crippen LogP contribution in [0, 0.1) is 0 Å². The predicted octanol–water partition coefficient (Wildman–Crippen LogP) is 2.46. The van der Waals surface area contributed by atoms with E-state index in [0.717, 1.165) is 0 Å². The highest BCUT2D eigenvalue weighted by atomic mass is 16.6. The SMILES string of the molecule is COc1cc(C=O)ccc1OCC(=O)O[C@H](C)C(=O)Nc1ccccc1. The summed E-state index contributed by atoms with van der Waals surface area (Å²) in [6.45, 7) is 1.06. The topological polar surface area (TPSA) is 90.9 Å². The van der Waals surface area contributed by atoms with Gasteiger partial charge in [0, 0.05) is 11.3 Å². The number of methoxy groups -OCH3 is 1. The van der Waals surface area contributed by atoms with Gasteiger partial charge in [0.25, 0.3) is 5.91 Å². The molecule has 0 spiro atoms. The summed E-state index contributed by atoms with van der Waals surface area (Å²) >= 11 is 0. The third-order valence-corrected chi connectivity index (χ3v) is 3.39. The van der Waals surface area contributed by atoms with Crippen LogP contribution in [0.5, 0.6) is 11.5 Å². The third-order valence-electron chi connectivity index (χ3n) is 3.39. The van der Waals surface area contributed by atoms with Crippen molar-refractivity contribution >= 4 is 23.9 Å². The Labute approximate surface area is 150 Å². The summed E-state index contributed by atoms with van der Waals surface area (Å²) in [6.07, 6.45) is -0.307. The second-order valence-electron chi connectivity index (χ2n) is 5.30. The van der Waals surface area contributed by atoms with E-state index in [1.165, 1.54) is 32.2 Å². The first-order chi connectivity index (χ1) is 12.5. The van der Waals surface area contributed by atoms with Gasteiger partial charge >= 0.3 is 5.97 Å². The number of hydrogen-bond donors (Lipinski definition) is 1. The van der Waals surface area contributed by atoms with Gasteiger partial charge in [-0.2, -0.15) is 0 Å². The van der Waals surface area contributed by atoms with E-state index in [1.54, 1.807) is 24.3 Å². The van der Waals surface area contributed by atoms with Crippen molar-refractivity contribution in [3.8, 4) is 11.5 Å². The summed E-state index contributed by atoms with van der Waals surface area (Å²) < 4.78 is 15.5. The Balaban J connectivity index is 1.86. The predicted molar refractivity (Wildman–Crippen MR) is 94.5 cm³/mol. The van der Waals surface area contributed by atoms with Gasteiger partial charge in [0.05, 0.1) is 7.11 Å². The van der Waals surface area contributed by atoms with Crippen LogP contribution in [0.1, 0.15) is 17.3 Å². The molecule has 26 heavy (non-hydrogen) atoms. The van der Waals surface area contributed by atoms with Gasteiger partial charge in [-0.25, -0.2) is 4.79 Å². The van der Waals surface area contributed by atoms with Crippen molar-refractivity contribution in [2.45, 2.75) is 13.0 Å².